The highest BCUT2D eigenvalue weighted by Crippen LogP contribution is 2.34. The molecule has 0 aliphatic carbocycles. The Bertz CT molecular complexity index is 948. The summed E-state index contributed by atoms with van der Waals surface area (Å²) in [6.45, 7) is 0. The fourth-order valence-electron chi connectivity index (χ4n) is 2.14. The van der Waals surface area contributed by atoms with Crippen LogP contribution in [0.5, 0.6) is 5.75 Å². The van der Waals surface area contributed by atoms with Crippen molar-refractivity contribution in [1.29, 1.82) is 0 Å². The summed E-state index contributed by atoms with van der Waals surface area (Å²) in [5.74, 6) is 0.592. The van der Waals surface area contributed by atoms with E-state index in [2.05, 4.69) is 26.2 Å². The highest BCUT2D eigenvalue weighted by Gasteiger charge is 2.15. The Kier molecular flexibility index (Phi) is 5.22. The number of halogens is 2. The molecule has 1 N–H and O–H groups in total. The number of thiazole rings is 1. The minimum absolute atomic E-state index is 0.00180. The van der Waals surface area contributed by atoms with Crippen molar-refractivity contribution in [3.8, 4) is 17.0 Å². The number of anilines is 2. The first-order valence-corrected chi connectivity index (χ1v) is 9.03. The van der Waals surface area contributed by atoms with E-state index in [1.165, 1.54) is 17.4 Å². The van der Waals surface area contributed by atoms with Gasteiger partial charge in [0, 0.05) is 22.7 Å². The topological polar surface area (TPSA) is 77.3 Å². The SMILES string of the molecule is COc1ccc(Nc2nc(-c3ccc(Br)c([N+](=O)[O-])c3)cs2)cc1Cl. The maximum absolute atomic E-state index is 11.1. The second-order valence-electron chi connectivity index (χ2n) is 4.94. The molecular formula is C16H11BrClN3O3S. The quantitative estimate of drug-likeness (QED) is 0.395. The molecule has 9 heteroatoms. The van der Waals surface area contributed by atoms with Gasteiger partial charge in [0.1, 0.15) is 5.75 Å². The molecule has 0 bridgehead atoms. The van der Waals surface area contributed by atoms with E-state index in [1.807, 2.05) is 11.4 Å². The van der Waals surface area contributed by atoms with E-state index in [0.29, 0.717) is 31.6 Å². The molecule has 0 saturated heterocycles. The first kappa shape index (κ1) is 17.7. The summed E-state index contributed by atoms with van der Waals surface area (Å²) in [7, 11) is 1.55. The zero-order chi connectivity index (χ0) is 18.0. The van der Waals surface area contributed by atoms with Crippen molar-refractivity contribution >= 4 is 55.4 Å². The number of hydrogen-bond acceptors (Lipinski definition) is 6. The highest BCUT2D eigenvalue weighted by atomic mass is 79.9. The Morgan fingerprint density at radius 3 is 2.80 bits per heavy atom. The van der Waals surface area contributed by atoms with E-state index in [0.717, 1.165) is 5.69 Å². The largest absolute Gasteiger partial charge is 0.495 e. The first-order chi connectivity index (χ1) is 12.0. The van der Waals surface area contributed by atoms with E-state index >= 15 is 0 Å². The van der Waals surface area contributed by atoms with Gasteiger partial charge in [0.05, 0.1) is 27.2 Å². The predicted molar refractivity (Wildman–Crippen MR) is 103 cm³/mol. The molecule has 128 valence electrons. The lowest BCUT2D eigenvalue weighted by Gasteiger charge is -2.06. The number of nitro groups is 1. The number of ether oxygens (including phenoxy) is 1. The van der Waals surface area contributed by atoms with Crippen LogP contribution < -0.4 is 10.1 Å². The van der Waals surface area contributed by atoms with Gasteiger partial charge in [-0.05, 0) is 40.2 Å². The minimum atomic E-state index is -0.432. The molecule has 0 atom stereocenters. The zero-order valence-corrected chi connectivity index (χ0v) is 16.0. The summed E-state index contributed by atoms with van der Waals surface area (Å²) in [5, 5.41) is 17.2. The lowest BCUT2D eigenvalue weighted by atomic mass is 10.1. The van der Waals surface area contributed by atoms with Crippen LogP contribution in [-0.2, 0) is 0 Å². The lowest BCUT2D eigenvalue weighted by Crippen LogP contribution is -1.92. The monoisotopic (exact) mass is 439 g/mol. The van der Waals surface area contributed by atoms with Crippen molar-refractivity contribution < 1.29 is 9.66 Å². The standard InChI is InChI=1S/C16H11BrClN3O3S/c1-24-15-5-3-10(7-12(15)18)19-16-20-13(8-25-16)9-2-4-11(17)14(6-9)21(22)23/h2-8H,1H3,(H,19,20). The van der Waals surface area contributed by atoms with Gasteiger partial charge in [0.2, 0.25) is 0 Å². The Labute approximate surface area is 160 Å². The minimum Gasteiger partial charge on any atom is -0.495 e. The second-order valence-corrected chi connectivity index (χ2v) is 7.06. The summed E-state index contributed by atoms with van der Waals surface area (Å²) in [6, 6.07) is 10.2. The van der Waals surface area contributed by atoms with Crippen LogP contribution in [0.3, 0.4) is 0 Å². The second kappa shape index (κ2) is 7.38. The molecule has 0 aliphatic heterocycles. The van der Waals surface area contributed by atoms with Crippen LogP contribution in [0.2, 0.25) is 5.02 Å². The highest BCUT2D eigenvalue weighted by molar-refractivity contribution is 9.10. The van der Waals surface area contributed by atoms with Crippen molar-refractivity contribution in [2.45, 2.75) is 0 Å². The summed E-state index contributed by atoms with van der Waals surface area (Å²) in [4.78, 5) is 15.1. The Morgan fingerprint density at radius 2 is 2.12 bits per heavy atom. The molecule has 2 aromatic carbocycles. The molecule has 1 heterocycles. The van der Waals surface area contributed by atoms with Crippen molar-refractivity contribution in [2.75, 3.05) is 12.4 Å². The van der Waals surface area contributed by atoms with Gasteiger partial charge in [-0.15, -0.1) is 11.3 Å². The molecule has 1 aromatic heterocycles. The molecule has 0 fully saturated rings. The molecule has 3 rings (SSSR count). The Balaban J connectivity index is 1.84. The van der Waals surface area contributed by atoms with Crippen LogP contribution in [0.15, 0.2) is 46.3 Å². The maximum atomic E-state index is 11.1. The maximum Gasteiger partial charge on any atom is 0.284 e. The number of benzene rings is 2. The van der Waals surface area contributed by atoms with E-state index in [-0.39, 0.29) is 5.69 Å². The number of aromatic nitrogens is 1. The third-order valence-electron chi connectivity index (χ3n) is 3.35. The Morgan fingerprint density at radius 1 is 1.32 bits per heavy atom. The van der Waals surface area contributed by atoms with Crippen molar-refractivity contribution in [3.63, 3.8) is 0 Å². The average molecular weight is 441 g/mol. The van der Waals surface area contributed by atoms with Crippen molar-refractivity contribution in [1.82, 2.24) is 4.98 Å². The van der Waals surface area contributed by atoms with Crippen LogP contribution in [0.25, 0.3) is 11.3 Å². The third-order valence-corrected chi connectivity index (χ3v) is 5.07. The van der Waals surface area contributed by atoms with Gasteiger partial charge in [-0.3, -0.25) is 10.1 Å². The number of methoxy groups -OCH3 is 1. The molecule has 25 heavy (non-hydrogen) atoms. The number of hydrogen-bond donors (Lipinski definition) is 1. The van der Waals surface area contributed by atoms with E-state index in [4.69, 9.17) is 16.3 Å². The smallest absolute Gasteiger partial charge is 0.284 e. The average Bonchev–Trinajstić information content (AvgIpc) is 3.03. The van der Waals surface area contributed by atoms with Gasteiger partial charge in [0.15, 0.2) is 5.13 Å². The van der Waals surface area contributed by atoms with Crippen LogP contribution >= 0.6 is 38.9 Å². The van der Waals surface area contributed by atoms with Crippen LogP contribution in [-0.4, -0.2) is 17.0 Å². The fourth-order valence-corrected chi connectivity index (χ4v) is 3.53. The number of nitrogens with one attached hydrogen (secondary N) is 1. The van der Waals surface area contributed by atoms with Gasteiger partial charge in [0.25, 0.3) is 5.69 Å². The molecule has 0 radical (unpaired) electrons. The van der Waals surface area contributed by atoms with Crippen LogP contribution in [0.4, 0.5) is 16.5 Å². The van der Waals surface area contributed by atoms with Crippen LogP contribution in [0.1, 0.15) is 0 Å². The van der Waals surface area contributed by atoms with Gasteiger partial charge >= 0.3 is 0 Å². The fraction of sp³-hybridized carbons (Fsp3) is 0.0625. The van der Waals surface area contributed by atoms with Crippen LogP contribution in [0, 0.1) is 10.1 Å². The number of nitrogens with zero attached hydrogens (tertiary/aromatic N) is 2. The molecule has 0 unspecified atom stereocenters. The van der Waals surface area contributed by atoms with E-state index in [9.17, 15) is 10.1 Å². The van der Waals surface area contributed by atoms with Gasteiger partial charge < -0.3 is 10.1 Å². The van der Waals surface area contributed by atoms with E-state index < -0.39 is 4.92 Å². The summed E-state index contributed by atoms with van der Waals surface area (Å²) >= 11 is 10.7. The molecule has 0 saturated carbocycles. The molecule has 0 spiro atoms. The third kappa shape index (κ3) is 3.92. The van der Waals surface area contributed by atoms with Gasteiger partial charge in [-0.2, -0.15) is 0 Å². The molecule has 3 aromatic rings. The predicted octanol–water partition coefficient (Wildman–Crippen LogP) is 5.89. The van der Waals surface area contributed by atoms with Crippen molar-refractivity contribution in [2.24, 2.45) is 0 Å². The summed E-state index contributed by atoms with van der Waals surface area (Å²) < 4.78 is 5.55. The lowest BCUT2D eigenvalue weighted by molar-refractivity contribution is -0.385. The molecule has 6 nitrogen and oxygen atoms in total. The summed E-state index contributed by atoms with van der Waals surface area (Å²) in [5.41, 5.74) is 2.10. The van der Waals surface area contributed by atoms with E-state index in [1.54, 1.807) is 31.4 Å². The number of nitro benzene ring substituents is 1. The van der Waals surface area contributed by atoms with Gasteiger partial charge in [-0.1, -0.05) is 17.7 Å². The molecule has 0 aliphatic rings. The van der Waals surface area contributed by atoms with Crippen molar-refractivity contribution in [3.05, 3.63) is 61.4 Å². The normalized spacial score (nSPS) is 10.5. The zero-order valence-electron chi connectivity index (χ0n) is 12.8. The molecule has 0 amide bonds. The first-order valence-electron chi connectivity index (χ1n) is 6.98. The van der Waals surface area contributed by atoms with Gasteiger partial charge in [-0.25, -0.2) is 4.98 Å². The molecular weight excluding hydrogens is 430 g/mol. The summed E-state index contributed by atoms with van der Waals surface area (Å²) in [6.07, 6.45) is 0. The number of rotatable bonds is 5. The Hall–Kier alpha value is -2.16.